The summed E-state index contributed by atoms with van der Waals surface area (Å²) in [6.45, 7) is 2.40. The summed E-state index contributed by atoms with van der Waals surface area (Å²) < 4.78 is 12.9. The molecule has 3 nitrogen and oxygen atoms in total. The van der Waals surface area contributed by atoms with E-state index in [4.69, 9.17) is 11.6 Å². The first kappa shape index (κ1) is 11.8. The quantitative estimate of drug-likeness (QED) is 0.910. The smallest absolute Gasteiger partial charge is 0.148 e. The highest BCUT2D eigenvalue weighted by molar-refractivity contribution is 6.30. The van der Waals surface area contributed by atoms with Crippen LogP contribution in [0.4, 0.5) is 10.2 Å². The summed E-state index contributed by atoms with van der Waals surface area (Å²) in [6.07, 6.45) is 0. The summed E-state index contributed by atoms with van der Waals surface area (Å²) in [5.41, 5.74) is 1.75. The van der Waals surface area contributed by atoms with Gasteiger partial charge in [-0.1, -0.05) is 17.7 Å². The third-order valence-electron chi connectivity index (χ3n) is 2.26. The summed E-state index contributed by atoms with van der Waals surface area (Å²) in [5, 5.41) is 11.1. The number of rotatable bonds is 3. The molecular formula is C12H11ClFN3. The highest BCUT2D eigenvalue weighted by Crippen LogP contribution is 2.16. The van der Waals surface area contributed by atoms with Gasteiger partial charge in [-0.2, -0.15) is 5.10 Å². The molecule has 0 fully saturated rings. The van der Waals surface area contributed by atoms with Gasteiger partial charge in [-0.05, 0) is 36.8 Å². The van der Waals surface area contributed by atoms with E-state index in [0.29, 0.717) is 12.4 Å². The van der Waals surface area contributed by atoms with E-state index in [1.807, 2.05) is 19.1 Å². The molecule has 1 aromatic heterocycles. The fourth-order valence-electron chi connectivity index (χ4n) is 1.34. The Morgan fingerprint density at radius 3 is 2.71 bits per heavy atom. The molecule has 17 heavy (non-hydrogen) atoms. The van der Waals surface area contributed by atoms with E-state index in [-0.39, 0.29) is 5.02 Å². The van der Waals surface area contributed by atoms with Crippen molar-refractivity contribution in [2.75, 3.05) is 5.32 Å². The number of nitrogens with zero attached hydrogens (tertiary/aromatic N) is 2. The molecule has 5 heteroatoms. The van der Waals surface area contributed by atoms with Crippen LogP contribution in [0.3, 0.4) is 0 Å². The highest BCUT2D eigenvalue weighted by atomic mass is 35.5. The Morgan fingerprint density at radius 2 is 2.06 bits per heavy atom. The molecule has 0 amide bonds. The number of nitrogens with one attached hydrogen (secondary N) is 1. The summed E-state index contributed by atoms with van der Waals surface area (Å²) in [4.78, 5) is 0. The summed E-state index contributed by atoms with van der Waals surface area (Å²) in [7, 11) is 0. The largest absolute Gasteiger partial charge is 0.365 e. The minimum absolute atomic E-state index is 0.124. The Balaban J connectivity index is 2.02. The third kappa shape index (κ3) is 3.14. The standard InChI is InChI=1S/C12H11ClFN3/c1-8-2-5-12(17-16-8)15-7-9-3-4-11(14)10(13)6-9/h2-6H,7H2,1H3,(H,15,17). The molecule has 0 aliphatic carbocycles. The first-order valence-corrected chi connectivity index (χ1v) is 5.51. The Morgan fingerprint density at radius 1 is 1.24 bits per heavy atom. The van der Waals surface area contributed by atoms with E-state index in [1.165, 1.54) is 6.07 Å². The second-order valence-electron chi connectivity index (χ2n) is 3.66. The van der Waals surface area contributed by atoms with Gasteiger partial charge >= 0.3 is 0 Å². The molecule has 0 bridgehead atoms. The van der Waals surface area contributed by atoms with Crippen molar-refractivity contribution in [2.45, 2.75) is 13.5 Å². The van der Waals surface area contributed by atoms with Gasteiger partial charge in [-0.25, -0.2) is 4.39 Å². The molecule has 0 aliphatic rings. The zero-order valence-electron chi connectivity index (χ0n) is 9.24. The maximum absolute atomic E-state index is 12.9. The SMILES string of the molecule is Cc1ccc(NCc2ccc(F)c(Cl)c2)nn1. The van der Waals surface area contributed by atoms with Crippen LogP contribution in [0.2, 0.25) is 5.02 Å². The summed E-state index contributed by atoms with van der Waals surface area (Å²) >= 11 is 5.69. The molecule has 1 heterocycles. The Hall–Kier alpha value is -1.68. The van der Waals surface area contributed by atoms with Crippen LogP contribution in [0, 0.1) is 12.7 Å². The minimum atomic E-state index is -0.412. The fraction of sp³-hybridized carbons (Fsp3) is 0.167. The molecule has 1 aromatic carbocycles. The van der Waals surface area contributed by atoms with Crippen LogP contribution in [-0.2, 0) is 6.54 Å². The van der Waals surface area contributed by atoms with Crippen molar-refractivity contribution < 1.29 is 4.39 Å². The maximum Gasteiger partial charge on any atom is 0.148 e. The molecule has 0 aliphatic heterocycles. The van der Waals surface area contributed by atoms with Crippen LogP contribution in [0.5, 0.6) is 0 Å². The van der Waals surface area contributed by atoms with Gasteiger partial charge in [0.2, 0.25) is 0 Å². The van der Waals surface area contributed by atoms with Gasteiger partial charge in [0.15, 0.2) is 0 Å². The molecule has 0 radical (unpaired) electrons. The normalized spacial score (nSPS) is 10.3. The third-order valence-corrected chi connectivity index (χ3v) is 2.55. The van der Waals surface area contributed by atoms with Gasteiger partial charge in [0.25, 0.3) is 0 Å². The molecule has 1 N–H and O–H groups in total. The fourth-order valence-corrected chi connectivity index (χ4v) is 1.54. The second-order valence-corrected chi connectivity index (χ2v) is 4.07. The highest BCUT2D eigenvalue weighted by Gasteiger charge is 2.01. The molecular weight excluding hydrogens is 241 g/mol. The van der Waals surface area contributed by atoms with E-state index >= 15 is 0 Å². The molecule has 0 unspecified atom stereocenters. The number of hydrogen-bond acceptors (Lipinski definition) is 3. The molecule has 0 saturated carbocycles. The number of benzene rings is 1. The summed E-state index contributed by atoms with van der Waals surface area (Å²) in [5.74, 6) is 0.265. The van der Waals surface area contributed by atoms with Crippen LogP contribution >= 0.6 is 11.6 Å². The first-order valence-electron chi connectivity index (χ1n) is 5.13. The van der Waals surface area contributed by atoms with Crippen LogP contribution in [0.15, 0.2) is 30.3 Å². The number of hydrogen-bond donors (Lipinski definition) is 1. The lowest BCUT2D eigenvalue weighted by Crippen LogP contribution is -2.02. The predicted octanol–water partition coefficient (Wildman–Crippen LogP) is 3.19. The number of aryl methyl sites for hydroxylation is 1. The lowest BCUT2D eigenvalue weighted by Gasteiger charge is -2.05. The van der Waals surface area contributed by atoms with Gasteiger partial charge in [-0.15, -0.1) is 5.10 Å². The lowest BCUT2D eigenvalue weighted by molar-refractivity contribution is 0.627. The van der Waals surface area contributed by atoms with Gasteiger partial charge in [0.1, 0.15) is 11.6 Å². The molecule has 88 valence electrons. The number of halogens is 2. The average molecular weight is 252 g/mol. The van der Waals surface area contributed by atoms with Crippen molar-refractivity contribution in [3.63, 3.8) is 0 Å². The van der Waals surface area contributed by atoms with E-state index in [1.54, 1.807) is 12.1 Å². The van der Waals surface area contributed by atoms with Crippen molar-refractivity contribution in [2.24, 2.45) is 0 Å². The van der Waals surface area contributed by atoms with Gasteiger partial charge in [-0.3, -0.25) is 0 Å². The van der Waals surface area contributed by atoms with Crippen LogP contribution in [0.1, 0.15) is 11.3 Å². The molecule has 0 saturated heterocycles. The molecule has 2 aromatic rings. The van der Waals surface area contributed by atoms with E-state index in [0.717, 1.165) is 11.3 Å². The predicted molar refractivity (Wildman–Crippen MR) is 65.5 cm³/mol. The van der Waals surface area contributed by atoms with Crippen molar-refractivity contribution in [3.8, 4) is 0 Å². The number of aromatic nitrogens is 2. The molecule has 0 spiro atoms. The Labute approximate surface area is 104 Å². The van der Waals surface area contributed by atoms with Crippen molar-refractivity contribution >= 4 is 17.4 Å². The second kappa shape index (κ2) is 5.10. The summed E-state index contributed by atoms with van der Waals surface area (Å²) in [6, 6.07) is 8.32. The zero-order valence-corrected chi connectivity index (χ0v) is 10.0. The van der Waals surface area contributed by atoms with Crippen molar-refractivity contribution in [1.82, 2.24) is 10.2 Å². The topological polar surface area (TPSA) is 37.8 Å². The van der Waals surface area contributed by atoms with Crippen LogP contribution in [-0.4, -0.2) is 10.2 Å². The Bertz CT molecular complexity index is 514. The Kier molecular flexibility index (Phi) is 3.54. The lowest BCUT2D eigenvalue weighted by atomic mass is 10.2. The molecule has 2 rings (SSSR count). The van der Waals surface area contributed by atoms with Gasteiger partial charge in [0.05, 0.1) is 10.7 Å². The van der Waals surface area contributed by atoms with Crippen LogP contribution in [0.25, 0.3) is 0 Å². The van der Waals surface area contributed by atoms with Crippen LogP contribution < -0.4 is 5.32 Å². The number of anilines is 1. The maximum atomic E-state index is 12.9. The zero-order chi connectivity index (χ0) is 12.3. The minimum Gasteiger partial charge on any atom is -0.365 e. The van der Waals surface area contributed by atoms with E-state index < -0.39 is 5.82 Å². The van der Waals surface area contributed by atoms with Crippen molar-refractivity contribution in [1.29, 1.82) is 0 Å². The van der Waals surface area contributed by atoms with Crippen molar-refractivity contribution in [3.05, 3.63) is 52.4 Å². The van der Waals surface area contributed by atoms with Gasteiger partial charge in [0, 0.05) is 6.54 Å². The van der Waals surface area contributed by atoms with E-state index in [9.17, 15) is 4.39 Å². The first-order chi connectivity index (χ1) is 8.15. The van der Waals surface area contributed by atoms with E-state index in [2.05, 4.69) is 15.5 Å². The molecule has 0 atom stereocenters. The average Bonchev–Trinajstić information content (AvgIpc) is 2.33. The monoisotopic (exact) mass is 251 g/mol. The van der Waals surface area contributed by atoms with Gasteiger partial charge < -0.3 is 5.32 Å².